The fraction of sp³-hybridized carbons (Fsp3) is 0.158. The third kappa shape index (κ3) is 4.26. The van der Waals surface area contributed by atoms with E-state index < -0.39 is 11.8 Å². The number of rotatable bonds is 6. The molecule has 29 heavy (non-hydrogen) atoms. The standard InChI is InChI=1S/C19H18N4O6/c1-26-14-8-13(9-15(27-2)16(14)28-3)18(25)22-21-17(24)11-4-6-12(7-5-11)19-23-20-10-29-19/h4-10H,1-3H3,(H,21,24)(H,22,25). The maximum atomic E-state index is 12.4. The first-order chi connectivity index (χ1) is 14.1. The second-order valence-corrected chi connectivity index (χ2v) is 5.64. The van der Waals surface area contributed by atoms with E-state index in [0.717, 1.165) is 0 Å². The zero-order valence-corrected chi connectivity index (χ0v) is 15.9. The first-order valence-electron chi connectivity index (χ1n) is 8.34. The number of carbonyl (C=O) groups excluding carboxylic acids is 2. The van der Waals surface area contributed by atoms with Crippen molar-refractivity contribution in [2.45, 2.75) is 0 Å². The van der Waals surface area contributed by atoms with Crippen LogP contribution in [0.3, 0.4) is 0 Å². The summed E-state index contributed by atoms with van der Waals surface area (Å²) in [5.74, 6) is 0.285. The molecule has 0 spiro atoms. The maximum Gasteiger partial charge on any atom is 0.269 e. The predicted molar refractivity (Wildman–Crippen MR) is 101 cm³/mol. The highest BCUT2D eigenvalue weighted by atomic mass is 16.5. The van der Waals surface area contributed by atoms with E-state index in [1.54, 1.807) is 24.3 Å². The summed E-state index contributed by atoms with van der Waals surface area (Å²) in [4.78, 5) is 24.7. The molecule has 0 saturated carbocycles. The molecular formula is C19H18N4O6. The lowest BCUT2D eigenvalue weighted by Gasteiger charge is -2.14. The highest BCUT2D eigenvalue weighted by Gasteiger charge is 2.17. The van der Waals surface area contributed by atoms with E-state index >= 15 is 0 Å². The molecule has 0 unspecified atom stereocenters. The second kappa shape index (κ2) is 8.74. The van der Waals surface area contributed by atoms with Crippen LogP contribution >= 0.6 is 0 Å². The van der Waals surface area contributed by atoms with E-state index in [-0.39, 0.29) is 5.56 Å². The number of methoxy groups -OCH3 is 3. The number of hydrogen-bond acceptors (Lipinski definition) is 8. The summed E-state index contributed by atoms with van der Waals surface area (Å²) < 4.78 is 20.7. The summed E-state index contributed by atoms with van der Waals surface area (Å²) in [6, 6.07) is 9.40. The zero-order valence-electron chi connectivity index (χ0n) is 15.9. The summed E-state index contributed by atoms with van der Waals surface area (Å²) in [7, 11) is 4.35. The highest BCUT2D eigenvalue weighted by molar-refractivity contribution is 5.99. The SMILES string of the molecule is COc1cc(C(=O)NNC(=O)c2ccc(-c3nnco3)cc2)cc(OC)c1OC. The van der Waals surface area contributed by atoms with Crippen LogP contribution in [0.15, 0.2) is 47.2 Å². The minimum Gasteiger partial charge on any atom is -0.493 e. The van der Waals surface area contributed by atoms with Crippen molar-refractivity contribution in [1.29, 1.82) is 0 Å². The molecule has 0 radical (unpaired) electrons. The number of ether oxygens (including phenoxy) is 3. The van der Waals surface area contributed by atoms with Crippen LogP contribution in [0.4, 0.5) is 0 Å². The van der Waals surface area contributed by atoms with Gasteiger partial charge in [0.15, 0.2) is 11.5 Å². The zero-order chi connectivity index (χ0) is 20.8. The normalized spacial score (nSPS) is 10.2. The summed E-state index contributed by atoms with van der Waals surface area (Å²) in [6.45, 7) is 0. The molecule has 0 aliphatic carbocycles. The van der Waals surface area contributed by atoms with Crippen molar-refractivity contribution in [3.63, 3.8) is 0 Å². The minimum atomic E-state index is -0.555. The Morgan fingerprint density at radius 1 is 0.862 bits per heavy atom. The Morgan fingerprint density at radius 3 is 1.93 bits per heavy atom. The Hall–Kier alpha value is -4.08. The molecule has 0 saturated heterocycles. The predicted octanol–water partition coefficient (Wildman–Crippen LogP) is 1.84. The van der Waals surface area contributed by atoms with E-state index in [4.69, 9.17) is 18.6 Å². The van der Waals surface area contributed by atoms with Crippen molar-refractivity contribution >= 4 is 11.8 Å². The van der Waals surface area contributed by atoms with Gasteiger partial charge in [0.05, 0.1) is 21.3 Å². The quantitative estimate of drug-likeness (QED) is 0.603. The number of nitrogens with zero attached hydrogens (tertiary/aromatic N) is 2. The minimum absolute atomic E-state index is 0.214. The second-order valence-electron chi connectivity index (χ2n) is 5.64. The molecule has 2 N–H and O–H groups in total. The summed E-state index contributed by atoms with van der Waals surface area (Å²) in [6.07, 6.45) is 1.22. The van der Waals surface area contributed by atoms with Crippen LogP contribution in [0.5, 0.6) is 17.2 Å². The fourth-order valence-electron chi connectivity index (χ4n) is 2.53. The largest absolute Gasteiger partial charge is 0.493 e. The third-order valence-electron chi connectivity index (χ3n) is 3.97. The van der Waals surface area contributed by atoms with Gasteiger partial charge < -0.3 is 18.6 Å². The molecule has 3 aromatic rings. The molecule has 2 aromatic carbocycles. The van der Waals surface area contributed by atoms with Crippen molar-refractivity contribution in [2.75, 3.05) is 21.3 Å². The van der Waals surface area contributed by atoms with Gasteiger partial charge in [0.25, 0.3) is 11.8 Å². The Kier molecular flexibility index (Phi) is 5.93. The van der Waals surface area contributed by atoms with Gasteiger partial charge in [0.1, 0.15) is 0 Å². The van der Waals surface area contributed by atoms with E-state index in [1.165, 1.54) is 39.9 Å². The monoisotopic (exact) mass is 398 g/mol. The molecule has 2 amide bonds. The molecule has 0 bridgehead atoms. The van der Waals surface area contributed by atoms with Gasteiger partial charge in [-0.15, -0.1) is 10.2 Å². The van der Waals surface area contributed by atoms with Crippen molar-refractivity contribution in [2.24, 2.45) is 0 Å². The van der Waals surface area contributed by atoms with Gasteiger partial charge in [-0.1, -0.05) is 0 Å². The maximum absolute atomic E-state index is 12.4. The van der Waals surface area contributed by atoms with Crippen molar-refractivity contribution in [1.82, 2.24) is 21.0 Å². The van der Waals surface area contributed by atoms with Crippen LogP contribution < -0.4 is 25.1 Å². The van der Waals surface area contributed by atoms with E-state index in [9.17, 15) is 9.59 Å². The van der Waals surface area contributed by atoms with Crippen molar-refractivity contribution in [3.05, 3.63) is 53.9 Å². The number of hydrogen-bond donors (Lipinski definition) is 2. The van der Waals surface area contributed by atoms with Gasteiger partial charge in [-0.2, -0.15) is 0 Å². The lowest BCUT2D eigenvalue weighted by molar-refractivity contribution is 0.0846. The van der Waals surface area contributed by atoms with Gasteiger partial charge in [-0.25, -0.2) is 0 Å². The van der Waals surface area contributed by atoms with Crippen LogP contribution in [0, 0.1) is 0 Å². The molecule has 10 heteroatoms. The first-order valence-corrected chi connectivity index (χ1v) is 8.34. The summed E-state index contributed by atoms with van der Waals surface area (Å²) in [5, 5.41) is 7.39. The number of amides is 2. The number of nitrogens with one attached hydrogen (secondary N) is 2. The number of benzene rings is 2. The summed E-state index contributed by atoms with van der Waals surface area (Å²) >= 11 is 0. The van der Waals surface area contributed by atoms with Crippen LogP contribution in [0.2, 0.25) is 0 Å². The first kappa shape index (κ1) is 19.7. The van der Waals surface area contributed by atoms with E-state index in [2.05, 4.69) is 21.0 Å². The molecule has 1 heterocycles. The molecule has 0 fully saturated rings. The third-order valence-corrected chi connectivity index (χ3v) is 3.97. The van der Waals surface area contributed by atoms with E-state index in [0.29, 0.717) is 34.3 Å². The van der Waals surface area contributed by atoms with Crippen LogP contribution in [-0.2, 0) is 0 Å². The Bertz CT molecular complexity index is 977. The fourth-order valence-corrected chi connectivity index (χ4v) is 2.53. The van der Waals surface area contributed by atoms with E-state index in [1.807, 2.05) is 0 Å². The summed E-state index contributed by atoms with van der Waals surface area (Å²) in [5.41, 5.74) is 5.91. The van der Waals surface area contributed by atoms with Crippen LogP contribution in [0.25, 0.3) is 11.5 Å². The van der Waals surface area contributed by atoms with Gasteiger partial charge >= 0.3 is 0 Å². The number of aromatic nitrogens is 2. The number of hydrazine groups is 1. The van der Waals surface area contributed by atoms with Crippen molar-refractivity contribution < 1.29 is 28.2 Å². The average molecular weight is 398 g/mol. The Labute approximate surface area is 165 Å². The lowest BCUT2D eigenvalue weighted by atomic mass is 10.1. The molecule has 1 aromatic heterocycles. The Morgan fingerprint density at radius 2 is 1.45 bits per heavy atom. The molecule has 150 valence electrons. The molecule has 3 rings (SSSR count). The number of carbonyl (C=O) groups is 2. The lowest BCUT2D eigenvalue weighted by Crippen LogP contribution is -2.41. The average Bonchev–Trinajstić information content (AvgIpc) is 3.31. The smallest absolute Gasteiger partial charge is 0.269 e. The van der Waals surface area contributed by atoms with Crippen LogP contribution in [-0.4, -0.2) is 43.3 Å². The molecule has 0 aliphatic rings. The molecule has 0 aliphatic heterocycles. The molecule has 0 atom stereocenters. The van der Waals surface area contributed by atoms with Gasteiger partial charge in [-0.05, 0) is 36.4 Å². The Balaban J connectivity index is 1.68. The molecule has 10 nitrogen and oxygen atoms in total. The van der Waals surface area contributed by atoms with Gasteiger partial charge in [-0.3, -0.25) is 20.4 Å². The van der Waals surface area contributed by atoms with Gasteiger partial charge in [0, 0.05) is 16.7 Å². The highest BCUT2D eigenvalue weighted by Crippen LogP contribution is 2.38. The topological polar surface area (TPSA) is 125 Å². The molecular weight excluding hydrogens is 380 g/mol. The van der Waals surface area contributed by atoms with Crippen molar-refractivity contribution in [3.8, 4) is 28.7 Å². The van der Waals surface area contributed by atoms with Gasteiger partial charge in [0.2, 0.25) is 18.0 Å². The van der Waals surface area contributed by atoms with Crippen LogP contribution in [0.1, 0.15) is 20.7 Å².